The fourth-order valence-electron chi connectivity index (χ4n) is 4.51. The van der Waals surface area contributed by atoms with Crippen LogP contribution < -0.4 is 9.47 Å². The molecule has 37 heavy (non-hydrogen) atoms. The first-order valence-corrected chi connectivity index (χ1v) is 12.9. The number of amides is 1. The number of hydrogen-bond acceptors (Lipinski definition) is 6. The number of methoxy groups -OCH3 is 1. The van der Waals surface area contributed by atoms with Crippen LogP contribution in [-0.2, 0) is 4.74 Å². The molecule has 0 saturated carbocycles. The molecule has 1 atom stereocenters. The third-order valence-electron chi connectivity index (χ3n) is 6.47. The number of aromatic nitrogens is 2. The summed E-state index contributed by atoms with van der Waals surface area (Å²) < 4.78 is 17.3. The Hall–Kier alpha value is -3.23. The minimum atomic E-state index is -0.477. The maximum atomic E-state index is 13.5. The first-order valence-electron chi connectivity index (χ1n) is 12.5. The van der Waals surface area contributed by atoms with E-state index in [9.17, 15) is 9.90 Å². The minimum absolute atomic E-state index is 0.0432. The van der Waals surface area contributed by atoms with Crippen molar-refractivity contribution in [2.24, 2.45) is 5.92 Å². The lowest BCUT2D eigenvalue weighted by Gasteiger charge is -2.27. The number of phenols is 1. The molecule has 8 nitrogen and oxygen atoms in total. The molecule has 1 aliphatic rings. The van der Waals surface area contributed by atoms with E-state index in [0.29, 0.717) is 71.3 Å². The van der Waals surface area contributed by atoms with Crippen LogP contribution in [0.1, 0.15) is 60.4 Å². The molecule has 3 aromatic rings. The smallest absolute Gasteiger partial charge is 0.273 e. The molecule has 0 saturated heterocycles. The maximum Gasteiger partial charge on any atom is 0.273 e. The van der Waals surface area contributed by atoms with E-state index in [0.717, 1.165) is 17.5 Å². The molecule has 2 heterocycles. The molecule has 0 spiro atoms. The van der Waals surface area contributed by atoms with Crippen molar-refractivity contribution in [3.8, 4) is 28.5 Å². The average molecular weight is 528 g/mol. The van der Waals surface area contributed by atoms with Gasteiger partial charge in [0.1, 0.15) is 17.1 Å². The number of carbonyl (C=O) groups excluding carboxylic acids is 1. The Morgan fingerprint density at radius 1 is 1.16 bits per heavy atom. The van der Waals surface area contributed by atoms with Crippen molar-refractivity contribution in [3.63, 3.8) is 0 Å². The van der Waals surface area contributed by atoms with Crippen LogP contribution in [0.5, 0.6) is 17.2 Å². The van der Waals surface area contributed by atoms with Gasteiger partial charge in [0, 0.05) is 29.8 Å². The second-order valence-corrected chi connectivity index (χ2v) is 9.95. The summed E-state index contributed by atoms with van der Waals surface area (Å²) in [6.07, 6.45) is 0.930. The number of aromatic hydroxyl groups is 1. The van der Waals surface area contributed by atoms with E-state index >= 15 is 0 Å². The summed E-state index contributed by atoms with van der Waals surface area (Å²) in [5, 5.41) is 18.6. The molecule has 0 aliphatic carbocycles. The fourth-order valence-corrected chi connectivity index (χ4v) is 4.68. The van der Waals surface area contributed by atoms with E-state index in [1.165, 1.54) is 0 Å². The highest BCUT2D eigenvalue weighted by atomic mass is 35.5. The molecule has 0 radical (unpaired) electrons. The number of phenolic OH excluding ortho intramolecular Hbond substituents is 1. The van der Waals surface area contributed by atoms with E-state index in [4.69, 9.17) is 25.8 Å². The molecule has 1 amide bonds. The van der Waals surface area contributed by atoms with Crippen molar-refractivity contribution in [3.05, 3.63) is 57.7 Å². The van der Waals surface area contributed by atoms with Crippen molar-refractivity contribution >= 4 is 17.5 Å². The van der Waals surface area contributed by atoms with E-state index in [1.54, 1.807) is 24.1 Å². The summed E-state index contributed by atoms with van der Waals surface area (Å²) in [4.78, 5) is 15.2. The fraction of sp³-hybridized carbons (Fsp3) is 0.429. The van der Waals surface area contributed by atoms with Crippen LogP contribution in [0.25, 0.3) is 11.3 Å². The molecule has 4 rings (SSSR count). The molecule has 2 aromatic carbocycles. The Morgan fingerprint density at radius 3 is 2.65 bits per heavy atom. The Bertz CT molecular complexity index is 1270. The molecule has 9 heteroatoms. The van der Waals surface area contributed by atoms with Gasteiger partial charge < -0.3 is 24.2 Å². The topological polar surface area (TPSA) is 96.9 Å². The Kier molecular flexibility index (Phi) is 8.29. The third kappa shape index (κ3) is 5.40. The number of nitrogens with zero attached hydrogens (tertiary/aromatic N) is 2. The molecule has 0 bridgehead atoms. The molecular formula is C28H34ClN3O5. The summed E-state index contributed by atoms with van der Waals surface area (Å²) in [6, 6.07) is 8.55. The highest BCUT2D eigenvalue weighted by molar-refractivity contribution is 6.31. The second kappa shape index (κ2) is 11.4. The van der Waals surface area contributed by atoms with Gasteiger partial charge in [-0.1, -0.05) is 31.5 Å². The van der Waals surface area contributed by atoms with Gasteiger partial charge in [-0.2, -0.15) is 5.10 Å². The Balaban J connectivity index is 1.81. The van der Waals surface area contributed by atoms with Gasteiger partial charge in [0.15, 0.2) is 11.5 Å². The van der Waals surface area contributed by atoms with Crippen molar-refractivity contribution in [2.75, 3.05) is 33.5 Å². The summed E-state index contributed by atoms with van der Waals surface area (Å²) in [5.74, 6) is 1.65. The normalized spacial score (nSPS) is 14.9. The quantitative estimate of drug-likeness (QED) is 0.329. The van der Waals surface area contributed by atoms with Gasteiger partial charge in [-0.25, -0.2) is 0 Å². The largest absolute Gasteiger partial charge is 0.507 e. The summed E-state index contributed by atoms with van der Waals surface area (Å²) in [6.45, 7) is 9.85. The first kappa shape index (κ1) is 26.8. The van der Waals surface area contributed by atoms with Crippen LogP contribution in [0.2, 0.25) is 5.02 Å². The lowest BCUT2D eigenvalue weighted by atomic mass is 9.95. The Morgan fingerprint density at radius 2 is 1.95 bits per heavy atom. The van der Waals surface area contributed by atoms with Crippen LogP contribution in [0.4, 0.5) is 0 Å². The number of carbonyl (C=O) groups is 1. The predicted molar refractivity (Wildman–Crippen MR) is 143 cm³/mol. The van der Waals surface area contributed by atoms with Gasteiger partial charge >= 0.3 is 0 Å². The van der Waals surface area contributed by atoms with E-state index < -0.39 is 6.04 Å². The maximum absolute atomic E-state index is 13.5. The standard InChI is InChI=1S/C28H34ClN3O5/c1-6-36-23-14-18(7-8-22(23)37-11-9-16(2)3)27-24-25(19-15-20(29)17(4)13-21(19)33)30-31-26(24)28(34)32(27)10-12-35-5/h7-8,13-16,27,33H,6,9-12H2,1-5H3,(H,30,31). The number of H-pyrrole nitrogens is 1. The second-order valence-electron chi connectivity index (χ2n) is 9.54. The molecule has 1 aromatic heterocycles. The zero-order chi connectivity index (χ0) is 26.7. The number of ether oxygens (including phenoxy) is 3. The molecule has 2 N–H and O–H groups in total. The van der Waals surface area contributed by atoms with Crippen LogP contribution in [0, 0.1) is 12.8 Å². The zero-order valence-corrected chi connectivity index (χ0v) is 22.7. The van der Waals surface area contributed by atoms with Gasteiger partial charge in [0.05, 0.1) is 25.9 Å². The number of nitrogens with one attached hydrogen (secondary N) is 1. The highest BCUT2D eigenvalue weighted by Crippen LogP contribution is 2.46. The SMILES string of the molecule is CCOc1cc(C2c3c(-c4cc(Cl)c(C)cc4O)n[nH]c3C(=O)N2CCOC)ccc1OCCC(C)C. The van der Waals surface area contributed by atoms with Crippen LogP contribution in [-0.4, -0.2) is 59.6 Å². The first-order chi connectivity index (χ1) is 17.8. The number of benzene rings is 2. The van der Waals surface area contributed by atoms with Gasteiger partial charge in [0.2, 0.25) is 0 Å². The number of rotatable bonds is 11. The minimum Gasteiger partial charge on any atom is -0.507 e. The molecule has 0 fully saturated rings. The number of aryl methyl sites for hydroxylation is 1. The van der Waals surface area contributed by atoms with E-state index in [2.05, 4.69) is 24.0 Å². The lowest BCUT2D eigenvalue weighted by Crippen LogP contribution is -2.32. The predicted octanol–water partition coefficient (Wildman–Crippen LogP) is 5.76. The van der Waals surface area contributed by atoms with Crippen molar-refractivity contribution in [1.29, 1.82) is 0 Å². The van der Waals surface area contributed by atoms with Gasteiger partial charge in [-0.05, 0) is 61.6 Å². The van der Waals surface area contributed by atoms with E-state index in [1.807, 2.05) is 32.0 Å². The number of halogens is 1. The molecule has 198 valence electrons. The number of fused-ring (bicyclic) bond motifs is 1. The summed E-state index contributed by atoms with van der Waals surface area (Å²) >= 11 is 6.39. The van der Waals surface area contributed by atoms with Crippen LogP contribution in [0.3, 0.4) is 0 Å². The van der Waals surface area contributed by atoms with Crippen molar-refractivity contribution in [2.45, 2.75) is 40.2 Å². The van der Waals surface area contributed by atoms with Gasteiger partial charge in [-0.15, -0.1) is 0 Å². The summed E-state index contributed by atoms with van der Waals surface area (Å²) in [5.41, 5.74) is 3.57. The number of aromatic amines is 1. The molecular weight excluding hydrogens is 494 g/mol. The van der Waals surface area contributed by atoms with Crippen LogP contribution in [0.15, 0.2) is 30.3 Å². The van der Waals surface area contributed by atoms with Crippen LogP contribution >= 0.6 is 11.6 Å². The van der Waals surface area contributed by atoms with Crippen molar-refractivity contribution in [1.82, 2.24) is 15.1 Å². The third-order valence-corrected chi connectivity index (χ3v) is 6.88. The highest BCUT2D eigenvalue weighted by Gasteiger charge is 2.42. The van der Waals surface area contributed by atoms with Crippen molar-refractivity contribution < 1.29 is 24.1 Å². The van der Waals surface area contributed by atoms with E-state index in [-0.39, 0.29) is 11.7 Å². The molecule has 1 unspecified atom stereocenters. The Labute approximate surface area is 222 Å². The number of hydrogen-bond donors (Lipinski definition) is 2. The van der Waals surface area contributed by atoms with Gasteiger partial charge in [0.25, 0.3) is 5.91 Å². The summed E-state index contributed by atoms with van der Waals surface area (Å²) in [7, 11) is 1.60. The average Bonchev–Trinajstić information content (AvgIpc) is 3.39. The zero-order valence-electron chi connectivity index (χ0n) is 21.9. The lowest BCUT2D eigenvalue weighted by molar-refractivity contribution is 0.0677. The van der Waals surface area contributed by atoms with Gasteiger partial charge in [-0.3, -0.25) is 9.89 Å². The molecule has 1 aliphatic heterocycles. The monoisotopic (exact) mass is 527 g/mol.